The van der Waals surface area contributed by atoms with Gasteiger partial charge in [0.2, 0.25) is 10.0 Å². The first-order valence-corrected chi connectivity index (χ1v) is 8.61. The van der Waals surface area contributed by atoms with E-state index in [4.69, 9.17) is 19.3 Å². The maximum Gasteiger partial charge on any atom is 0.342 e. The van der Waals surface area contributed by atoms with Crippen LogP contribution in [0.15, 0.2) is 23.1 Å². The van der Waals surface area contributed by atoms with Gasteiger partial charge in [-0.3, -0.25) is 4.79 Å². The third-order valence-corrected chi connectivity index (χ3v) is 4.32. The largest absolute Gasteiger partial charge is 0.496 e. The fourth-order valence-corrected chi connectivity index (χ4v) is 2.67. The Morgan fingerprint density at radius 1 is 1.29 bits per heavy atom. The van der Waals surface area contributed by atoms with Crippen LogP contribution in [0.3, 0.4) is 0 Å². The lowest BCUT2D eigenvalue weighted by molar-refractivity contribution is -0.138. The molecule has 0 radical (unpaired) electrons. The molecule has 1 amide bonds. The molecule has 2 N–H and O–H groups in total. The van der Waals surface area contributed by atoms with Gasteiger partial charge in [-0.05, 0) is 18.2 Å². The number of rotatable bonds is 5. The van der Waals surface area contributed by atoms with Crippen LogP contribution in [0.2, 0.25) is 0 Å². The summed E-state index contributed by atoms with van der Waals surface area (Å²) in [6.45, 7) is 1.27. The van der Waals surface area contributed by atoms with Crippen LogP contribution in [0.1, 0.15) is 10.4 Å². The van der Waals surface area contributed by atoms with E-state index in [0.29, 0.717) is 26.3 Å². The molecule has 0 saturated carbocycles. The Morgan fingerprint density at radius 3 is 2.54 bits per heavy atom. The highest BCUT2D eigenvalue weighted by atomic mass is 32.2. The predicted molar refractivity (Wildman–Crippen MR) is 82.0 cm³/mol. The molecule has 1 fully saturated rings. The van der Waals surface area contributed by atoms with Crippen LogP contribution in [-0.4, -0.2) is 65.2 Å². The summed E-state index contributed by atoms with van der Waals surface area (Å²) in [6.07, 6.45) is 0. The second kappa shape index (κ2) is 7.60. The van der Waals surface area contributed by atoms with Crippen LogP contribution < -0.4 is 9.88 Å². The molecule has 1 heterocycles. The molecule has 10 heteroatoms. The number of primary sulfonamides is 1. The van der Waals surface area contributed by atoms with Gasteiger partial charge in [-0.2, -0.15) is 0 Å². The Hall–Kier alpha value is -2.17. The van der Waals surface area contributed by atoms with E-state index in [-0.39, 0.29) is 22.1 Å². The summed E-state index contributed by atoms with van der Waals surface area (Å²) in [4.78, 5) is 25.4. The minimum absolute atomic E-state index is 0.117. The van der Waals surface area contributed by atoms with Crippen LogP contribution in [0.5, 0.6) is 5.75 Å². The third-order valence-electron chi connectivity index (χ3n) is 3.41. The van der Waals surface area contributed by atoms with Crippen LogP contribution in [-0.2, 0) is 24.3 Å². The molecule has 0 aliphatic carbocycles. The van der Waals surface area contributed by atoms with Gasteiger partial charge in [0.1, 0.15) is 11.3 Å². The average Bonchev–Trinajstić information content (AvgIpc) is 2.58. The molecule has 0 atom stereocenters. The maximum atomic E-state index is 12.2. The zero-order chi connectivity index (χ0) is 17.7. The first-order chi connectivity index (χ1) is 11.3. The summed E-state index contributed by atoms with van der Waals surface area (Å²) in [5.41, 5.74) is -0.126. The number of methoxy groups -OCH3 is 1. The van der Waals surface area contributed by atoms with Gasteiger partial charge in [0.05, 0.1) is 25.2 Å². The van der Waals surface area contributed by atoms with E-state index in [1.54, 1.807) is 0 Å². The molecule has 1 aromatic rings. The second-order valence-corrected chi connectivity index (χ2v) is 6.54. The van der Waals surface area contributed by atoms with E-state index in [0.717, 1.165) is 6.07 Å². The molecular formula is C14H18N2O7S. The topological polar surface area (TPSA) is 125 Å². The van der Waals surface area contributed by atoms with Gasteiger partial charge < -0.3 is 19.1 Å². The molecule has 0 spiro atoms. The number of carbonyl (C=O) groups excluding carboxylic acids is 2. The van der Waals surface area contributed by atoms with Gasteiger partial charge in [-0.15, -0.1) is 0 Å². The van der Waals surface area contributed by atoms with Gasteiger partial charge in [0, 0.05) is 13.1 Å². The number of ether oxygens (including phenoxy) is 3. The van der Waals surface area contributed by atoms with E-state index >= 15 is 0 Å². The third kappa shape index (κ3) is 4.43. The van der Waals surface area contributed by atoms with Crippen molar-refractivity contribution in [1.29, 1.82) is 0 Å². The Bertz CT molecular complexity index is 727. The van der Waals surface area contributed by atoms with E-state index in [2.05, 4.69) is 0 Å². The summed E-state index contributed by atoms with van der Waals surface area (Å²) < 4.78 is 37.9. The Morgan fingerprint density at radius 2 is 1.96 bits per heavy atom. The van der Waals surface area contributed by atoms with E-state index in [9.17, 15) is 18.0 Å². The lowest BCUT2D eigenvalue weighted by atomic mass is 10.2. The number of benzene rings is 1. The maximum absolute atomic E-state index is 12.2. The van der Waals surface area contributed by atoms with Gasteiger partial charge >= 0.3 is 5.97 Å². The van der Waals surface area contributed by atoms with Crippen LogP contribution in [0, 0.1) is 0 Å². The molecule has 24 heavy (non-hydrogen) atoms. The summed E-state index contributed by atoms with van der Waals surface area (Å²) in [6, 6.07) is 3.56. The highest BCUT2D eigenvalue weighted by Gasteiger charge is 2.22. The number of hydrogen-bond acceptors (Lipinski definition) is 7. The molecule has 1 saturated heterocycles. The monoisotopic (exact) mass is 358 g/mol. The fourth-order valence-electron chi connectivity index (χ4n) is 2.13. The molecule has 0 bridgehead atoms. The Kier molecular flexibility index (Phi) is 5.75. The molecule has 0 unspecified atom stereocenters. The smallest absolute Gasteiger partial charge is 0.342 e. The van der Waals surface area contributed by atoms with Crippen molar-refractivity contribution in [3.8, 4) is 5.75 Å². The highest BCUT2D eigenvalue weighted by molar-refractivity contribution is 7.89. The highest BCUT2D eigenvalue weighted by Crippen LogP contribution is 2.22. The zero-order valence-electron chi connectivity index (χ0n) is 13.1. The quantitative estimate of drug-likeness (QED) is 0.694. The molecule has 1 aliphatic rings. The number of morpholine rings is 1. The van der Waals surface area contributed by atoms with Crippen molar-refractivity contribution < 1.29 is 32.2 Å². The Labute approximate surface area is 139 Å². The average molecular weight is 358 g/mol. The van der Waals surface area contributed by atoms with Crippen molar-refractivity contribution >= 4 is 21.9 Å². The normalized spacial score (nSPS) is 15.0. The SMILES string of the molecule is COc1ccc(S(N)(=O)=O)cc1C(=O)OCC(=O)N1CCOCC1. The lowest BCUT2D eigenvalue weighted by Crippen LogP contribution is -2.42. The number of carbonyl (C=O) groups is 2. The second-order valence-electron chi connectivity index (χ2n) is 4.98. The number of amides is 1. The molecule has 9 nitrogen and oxygen atoms in total. The fraction of sp³-hybridized carbons (Fsp3) is 0.429. The van der Waals surface area contributed by atoms with Crippen molar-refractivity contribution in [3.63, 3.8) is 0 Å². The first kappa shape index (κ1) is 18.2. The van der Waals surface area contributed by atoms with Gasteiger partial charge in [0.15, 0.2) is 6.61 Å². The van der Waals surface area contributed by atoms with Gasteiger partial charge in [-0.1, -0.05) is 0 Å². The number of sulfonamides is 1. The van der Waals surface area contributed by atoms with Gasteiger partial charge in [0.25, 0.3) is 5.91 Å². The standard InChI is InChI=1S/C14H18N2O7S/c1-21-12-3-2-10(24(15,19)20)8-11(12)14(18)23-9-13(17)16-4-6-22-7-5-16/h2-3,8H,4-7,9H2,1H3,(H2,15,19,20). The summed E-state index contributed by atoms with van der Waals surface area (Å²) in [5, 5.41) is 5.04. The molecular weight excluding hydrogens is 340 g/mol. The number of hydrogen-bond donors (Lipinski definition) is 1. The Balaban J connectivity index is 2.09. The van der Waals surface area contributed by atoms with Crippen LogP contribution in [0.4, 0.5) is 0 Å². The lowest BCUT2D eigenvalue weighted by Gasteiger charge is -2.26. The number of nitrogens with zero attached hydrogens (tertiary/aromatic N) is 1. The van der Waals surface area contributed by atoms with Crippen molar-refractivity contribution in [1.82, 2.24) is 4.90 Å². The summed E-state index contributed by atoms with van der Waals surface area (Å²) in [5.74, 6) is -1.11. The van der Waals surface area contributed by atoms with Gasteiger partial charge in [-0.25, -0.2) is 18.4 Å². The van der Waals surface area contributed by atoms with Crippen molar-refractivity contribution in [2.75, 3.05) is 40.0 Å². The van der Waals surface area contributed by atoms with Crippen LogP contribution >= 0.6 is 0 Å². The zero-order valence-corrected chi connectivity index (χ0v) is 13.9. The molecule has 132 valence electrons. The first-order valence-electron chi connectivity index (χ1n) is 7.06. The van der Waals surface area contributed by atoms with E-state index in [1.807, 2.05) is 0 Å². The minimum Gasteiger partial charge on any atom is -0.496 e. The summed E-state index contributed by atoms with van der Waals surface area (Å²) >= 11 is 0. The molecule has 1 aromatic carbocycles. The molecule has 2 rings (SSSR count). The van der Waals surface area contributed by atoms with Crippen molar-refractivity contribution in [2.24, 2.45) is 5.14 Å². The number of nitrogens with two attached hydrogens (primary N) is 1. The number of esters is 1. The van der Waals surface area contributed by atoms with E-state index < -0.39 is 22.6 Å². The predicted octanol–water partition coefficient (Wildman–Crippen LogP) is -0.642. The van der Waals surface area contributed by atoms with E-state index in [1.165, 1.54) is 24.1 Å². The van der Waals surface area contributed by atoms with Crippen LogP contribution in [0.25, 0.3) is 0 Å². The van der Waals surface area contributed by atoms with Crippen molar-refractivity contribution in [3.05, 3.63) is 23.8 Å². The minimum atomic E-state index is -3.98. The summed E-state index contributed by atoms with van der Waals surface area (Å²) in [7, 11) is -2.66. The van der Waals surface area contributed by atoms with Crippen molar-refractivity contribution in [2.45, 2.75) is 4.90 Å². The molecule has 0 aromatic heterocycles. The molecule has 1 aliphatic heterocycles.